The number of nitrogens with one attached hydrogen (secondary N) is 2. The molecule has 1 saturated heterocycles. The molecule has 0 saturated carbocycles. The van der Waals surface area contributed by atoms with Gasteiger partial charge in [-0.25, -0.2) is 4.39 Å². The maximum absolute atomic E-state index is 13.2. The Morgan fingerprint density at radius 1 is 1.19 bits per heavy atom. The Morgan fingerprint density at radius 2 is 1.97 bits per heavy atom. The molecule has 2 N–H and O–H groups in total. The maximum Gasteiger partial charge on any atom is 0.286 e. The fourth-order valence-corrected chi connectivity index (χ4v) is 3.97. The highest BCUT2D eigenvalue weighted by molar-refractivity contribution is 7.13. The number of likely N-dealkylation sites (N-methyl/N-ethyl adjacent to an activating group) is 1. The van der Waals surface area contributed by atoms with Crippen LogP contribution in [0.25, 0.3) is 0 Å². The van der Waals surface area contributed by atoms with Crippen LogP contribution in [0, 0.1) is 5.82 Å². The lowest BCUT2D eigenvalue weighted by atomic mass is 10.3. The number of carbonyl (C=O) groups is 2. The summed E-state index contributed by atoms with van der Waals surface area (Å²) < 4.78 is 18.6. The molecule has 1 aromatic carbocycles. The van der Waals surface area contributed by atoms with E-state index in [-0.39, 0.29) is 24.1 Å². The summed E-state index contributed by atoms with van der Waals surface area (Å²) in [7, 11) is 0. The molecule has 3 rings (SSSR count). The molecule has 1 fully saturated rings. The van der Waals surface area contributed by atoms with Crippen LogP contribution in [-0.2, 0) is 16.1 Å². The third kappa shape index (κ3) is 7.90. The van der Waals surface area contributed by atoms with Crippen molar-refractivity contribution in [2.45, 2.75) is 20.0 Å². The van der Waals surface area contributed by atoms with Crippen LogP contribution in [-0.4, -0.2) is 84.2 Å². The third-order valence-corrected chi connectivity index (χ3v) is 5.98. The molecule has 2 heterocycles. The summed E-state index contributed by atoms with van der Waals surface area (Å²) >= 11 is 1.06. The predicted octanol–water partition coefficient (Wildman–Crippen LogP) is 1.59. The van der Waals surface area contributed by atoms with Gasteiger partial charge in [0.15, 0.2) is 0 Å². The molecule has 0 unspecified atom stereocenters. The van der Waals surface area contributed by atoms with Crippen molar-refractivity contribution in [1.82, 2.24) is 25.3 Å². The van der Waals surface area contributed by atoms with Gasteiger partial charge in [-0.3, -0.25) is 9.59 Å². The first-order valence-electron chi connectivity index (χ1n) is 10.7. The SMILES string of the molecule is CCN1CCN(CCCNC(=O)COCc2nnc(C(=O)Nc3cccc(F)c3)s2)CC1. The quantitative estimate of drug-likeness (QED) is 0.487. The number of aromatic nitrogens is 2. The van der Waals surface area contributed by atoms with Crippen molar-refractivity contribution in [2.75, 3.05) is 57.7 Å². The first kappa shape index (κ1) is 24.2. The summed E-state index contributed by atoms with van der Waals surface area (Å²) in [4.78, 5) is 29.0. The second-order valence-electron chi connectivity index (χ2n) is 7.44. The van der Waals surface area contributed by atoms with Crippen LogP contribution in [0.3, 0.4) is 0 Å². The first-order chi connectivity index (χ1) is 15.5. The van der Waals surface area contributed by atoms with Gasteiger partial charge in [0.25, 0.3) is 5.91 Å². The topological polar surface area (TPSA) is 99.7 Å². The molecule has 32 heavy (non-hydrogen) atoms. The van der Waals surface area contributed by atoms with Crippen LogP contribution in [0.2, 0.25) is 0 Å². The lowest BCUT2D eigenvalue weighted by molar-refractivity contribution is -0.126. The second kappa shape index (κ2) is 12.5. The van der Waals surface area contributed by atoms with E-state index < -0.39 is 11.7 Å². The summed E-state index contributed by atoms with van der Waals surface area (Å²) in [5.74, 6) is -1.11. The average molecular weight is 465 g/mol. The molecule has 0 bridgehead atoms. The molecule has 0 aliphatic carbocycles. The summed E-state index contributed by atoms with van der Waals surface area (Å²) in [5, 5.41) is 13.8. The Labute approximate surface area is 190 Å². The van der Waals surface area contributed by atoms with Crippen molar-refractivity contribution in [2.24, 2.45) is 0 Å². The number of hydrogen-bond donors (Lipinski definition) is 2. The summed E-state index contributed by atoms with van der Waals surface area (Å²) in [6, 6.07) is 5.59. The van der Waals surface area contributed by atoms with Gasteiger partial charge in [0.05, 0.1) is 0 Å². The van der Waals surface area contributed by atoms with Gasteiger partial charge in [-0.15, -0.1) is 10.2 Å². The molecule has 174 valence electrons. The molecule has 11 heteroatoms. The van der Waals surface area contributed by atoms with Crippen LogP contribution < -0.4 is 10.6 Å². The van der Waals surface area contributed by atoms with Gasteiger partial charge in [-0.1, -0.05) is 24.3 Å². The predicted molar refractivity (Wildman–Crippen MR) is 120 cm³/mol. The highest BCUT2D eigenvalue weighted by atomic mass is 32.1. The molecular formula is C21H29FN6O3S. The van der Waals surface area contributed by atoms with Crippen LogP contribution in [0.4, 0.5) is 10.1 Å². The Bertz CT molecular complexity index is 888. The summed E-state index contributed by atoms with van der Waals surface area (Å²) in [6.07, 6.45) is 0.901. The molecule has 1 aliphatic rings. The van der Waals surface area contributed by atoms with E-state index >= 15 is 0 Å². The minimum absolute atomic E-state index is 0.0834. The molecule has 1 aromatic heterocycles. The maximum atomic E-state index is 13.2. The number of nitrogens with zero attached hydrogens (tertiary/aromatic N) is 4. The number of amides is 2. The highest BCUT2D eigenvalue weighted by Crippen LogP contribution is 2.15. The minimum Gasteiger partial charge on any atom is -0.364 e. The van der Waals surface area contributed by atoms with Crippen LogP contribution in [0.1, 0.15) is 28.2 Å². The Hall–Kier alpha value is -2.47. The van der Waals surface area contributed by atoms with E-state index in [2.05, 4.69) is 37.6 Å². The zero-order valence-corrected chi connectivity index (χ0v) is 19.0. The fraction of sp³-hybridized carbons (Fsp3) is 0.524. The van der Waals surface area contributed by atoms with E-state index in [0.717, 1.165) is 57.0 Å². The molecule has 0 radical (unpaired) electrons. The summed E-state index contributed by atoms with van der Waals surface area (Å²) in [5.41, 5.74) is 0.336. The van der Waals surface area contributed by atoms with E-state index in [9.17, 15) is 14.0 Å². The van der Waals surface area contributed by atoms with Crippen molar-refractivity contribution < 1.29 is 18.7 Å². The fourth-order valence-electron chi connectivity index (χ4n) is 3.30. The summed E-state index contributed by atoms with van der Waals surface area (Å²) in [6.45, 7) is 9.24. The molecule has 2 aromatic rings. The lowest BCUT2D eigenvalue weighted by Crippen LogP contribution is -2.46. The van der Waals surface area contributed by atoms with E-state index in [4.69, 9.17) is 4.74 Å². The van der Waals surface area contributed by atoms with E-state index in [1.54, 1.807) is 6.07 Å². The van der Waals surface area contributed by atoms with Crippen LogP contribution >= 0.6 is 11.3 Å². The van der Waals surface area contributed by atoms with Gasteiger partial charge in [0.1, 0.15) is 24.0 Å². The first-order valence-corrected chi connectivity index (χ1v) is 11.5. The van der Waals surface area contributed by atoms with Crippen molar-refractivity contribution in [3.8, 4) is 0 Å². The lowest BCUT2D eigenvalue weighted by Gasteiger charge is -2.33. The van der Waals surface area contributed by atoms with E-state index in [1.807, 2.05) is 0 Å². The van der Waals surface area contributed by atoms with Crippen molar-refractivity contribution in [3.05, 3.63) is 40.1 Å². The van der Waals surface area contributed by atoms with E-state index in [1.165, 1.54) is 18.2 Å². The normalized spacial score (nSPS) is 14.9. The average Bonchev–Trinajstić information content (AvgIpc) is 3.26. The Morgan fingerprint density at radius 3 is 2.72 bits per heavy atom. The van der Waals surface area contributed by atoms with Gasteiger partial charge in [0, 0.05) is 38.4 Å². The zero-order valence-electron chi connectivity index (χ0n) is 18.2. The smallest absolute Gasteiger partial charge is 0.286 e. The van der Waals surface area contributed by atoms with Crippen molar-refractivity contribution in [3.63, 3.8) is 0 Å². The highest BCUT2D eigenvalue weighted by Gasteiger charge is 2.15. The molecule has 0 atom stereocenters. The van der Waals surface area contributed by atoms with Gasteiger partial charge in [-0.05, 0) is 37.7 Å². The number of halogens is 1. The monoisotopic (exact) mass is 464 g/mol. The number of hydrogen-bond acceptors (Lipinski definition) is 8. The van der Waals surface area contributed by atoms with Gasteiger partial charge in [0.2, 0.25) is 10.9 Å². The molecular weight excluding hydrogens is 435 g/mol. The molecule has 0 spiro atoms. The van der Waals surface area contributed by atoms with Gasteiger partial charge < -0.3 is 25.2 Å². The number of piperazine rings is 1. The van der Waals surface area contributed by atoms with Gasteiger partial charge >= 0.3 is 0 Å². The number of anilines is 1. The van der Waals surface area contributed by atoms with E-state index in [0.29, 0.717) is 17.2 Å². The number of ether oxygens (including phenoxy) is 1. The molecule has 2 amide bonds. The third-order valence-electron chi connectivity index (χ3n) is 5.09. The Balaban J connectivity index is 1.28. The van der Waals surface area contributed by atoms with Crippen molar-refractivity contribution in [1.29, 1.82) is 0 Å². The molecule has 1 aliphatic heterocycles. The Kier molecular flexibility index (Phi) is 9.47. The number of benzene rings is 1. The molecule has 9 nitrogen and oxygen atoms in total. The minimum atomic E-state index is -0.479. The standard InChI is InChI=1S/C21H29FN6O3S/c1-2-27-9-11-28(12-10-27)8-4-7-23-18(29)14-31-15-19-25-26-21(32-19)20(30)24-17-6-3-5-16(22)13-17/h3,5-6,13H,2,4,7-12,14-15H2,1H3,(H,23,29)(H,24,30). The van der Waals surface area contributed by atoms with Crippen LogP contribution in [0.15, 0.2) is 24.3 Å². The van der Waals surface area contributed by atoms with Gasteiger partial charge in [-0.2, -0.15) is 0 Å². The van der Waals surface area contributed by atoms with Crippen LogP contribution in [0.5, 0.6) is 0 Å². The largest absolute Gasteiger partial charge is 0.364 e. The number of carbonyl (C=O) groups excluding carboxylic acids is 2. The second-order valence-corrected chi connectivity index (χ2v) is 8.50. The number of rotatable bonds is 11. The van der Waals surface area contributed by atoms with Crippen molar-refractivity contribution >= 4 is 28.8 Å². The zero-order chi connectivity index (χ0) is 22.8.